The first kappa shape index (κ1) is 16.0. The molecule has 2 saturated carbocycles. The number of rotatable bonds is 2. The van der Waals surface area contributed by atoms with Crippen LogP contribution in [0.4, 0.5) is 8.78 Å². The van der Waals surface area contributed by atoms with Crippen LogP contribution in [-0.2, 0) is 0 Å². The van der Waals surface area contributed by atoms with Gasteiger partial charge in [0.1, 0.15) is 0 Å². The lowest BCUT2D eigenvalue weighted by Crippen LogP contribution is -2.20. The number of hydrogen-bond acceptors (Lipinski definition) is 0. The van der Waals surface area contributed by atoms with Crippen molar-refractivity contribution in [1.29, 1.82) is 0 Å². The van der Waals surface area contributed by atoms with Crippen molar-refractivity contribution in [2.45, 2.75) is 70.6 Å². The summed E-state index contributed by atoms with van der Waals surface area (Å²) in [5, 5.41) is 0. The van der Waals surface area contributed by atoms with Crippen molar-refractivity contribution in [2.24, 2.45) is 17.8 Å². The molecule has 0 bridgehead atoms. The molecule has 2 heteroatoms. The molecule has 0 amide bonds. The van der Waals surface area contributed by atoms with Crippen molar-refractivity contribution >= 4 is 0 Å². The summed E-state index contributed by atoms with van der Waals surface area (Å²) < 4.78 is 26.6. The van der Waals surface area contributed by atoms with Gasteiger partial charge >= 0.3 is 0 Å². The summed E-state index contributed by atoms with van der Waals surface area (Å²) in [5.74, 6) is 1.69. The van der Waals surface area contributed by atoms with Gasteiger partial charge < -0.3 is 0 Å². The molecule has 22 heavy (non-hydrogen) atoms. The Morgan fingerprint density at radius 3 is 2.18 bits per heavy atom. The summed E-state index contributed by atoms with van der Waals surface area (Å²) in [4.78, 5) is 0. The first-order chi connectivity index (χ1) is 10.6. The molecule has 0 aliphatic heterocycles. The summed E-state index contributed by atoms with van der Waals surface area (Å²) in [6.45, 7) is 2.38. The van der Waals surface area contributed by atoms with Crippen molar-refractivity contribution in [2.75, 3.05) is 0 Å². The molecule has 0 radical (unpaired) electrons. The van der Waals surface area contributed by atoms with Gasteiger partial charge in [0.2, 0.25) is 0 Å². The molecular weight excluding hydrogens is 278 g/mol. The van der Waals surface area contributed by atoms with Gasteiger partial charge in [-0.1, -0.05) is 38.7 Å². The average molecular weight is 306 g/mol. The van der Waals surface area contributed by atoms with Crippen LogP contribution >= 0.6 is 0 Å². The smallest absolute Gasteiger partial charge is 0.159 e. The Morgan fingerprint density at radius 1 is 0.773 bits per heavy atom. The topological polar surface area (TPSA) is 0 Å². The maximum absolute atomic E-state index is 13.5. The molecule has 2 atom stereocenters. The predicted octanol–water partition coefficient (Wildman–Crippen LogP) is 6.46. The van der Waals surface area contributed by atoms with E-state index >= 15 is 0 Å². The van der Waals surface area contributed by atoms with Crippen molar-refractivity contribution in [3.05, 3.63) is 35.4 Å². The first-order valence-corrected chi connectivity index (χ1v) is 9.08. The van der Waals surface area contributed by atoms with Crippen LogP contribution in [0.1, 0.15) is 76.2 Å². The minimum absolute atomic E-state index is 0.419. The molecule has 0 heterocycles. The van der Waals surface area contributed by atoms with Crippen molar-refractivity contribution in [1.82, 2.24) is 0 Å². The quantitative estimate of drug-likeness (QED) is 0.550. The fourth-order valence-electron chi connectivity index (χ4n) is 4.66. The molecule has 2 unspecified atom stereocenters. The number of benzene rings is 1. The SMILES string of the molecule is CC1CCC(C2CCCC(c3ccc(F)c(F)c3)CC2)CC1. The van der Waals surface area contributed by atoms with Crippen molar-refractivity contribution in [3.63, 3.8) is 0 Å². The molecule has 0 spiro atoms. The van der Waals surface area contributed by atoms with Crippen molar-refractivity contribution in [3.8, 4) is 0 Å². The van der Waals surface area contributed by atoms with E-state index in [2.05, 4.69) is 6.92 Å². The van der Waals surface area contributed by atoms with Gasteiger partial charge in [-0.2, -0.15) is 0 Å². The van der Waals surface area contributed by atoms with Gasteiger partial charge in [0.25, 0.3) is 0 Å². The highest BCUT2D eigenvalue weighted by atomic mass is 19.2. The predicted molar refractivity (Wildman–Crippen MR) is 86.8 cm³/mol. The lowest BCUT2D eigenvalue weighted by molar-refractivity contribution is 0.196. The Kier molecular flexibility index (Phi) is 5.15. The van der Waals surface area contributed by atoms with Crippen LogP contribution in [0, 0.1) is 29.4 Å². The number of hydrogen-bond donors (Lipinski definition) is 0. The summed E-state index contributed by atoms with van der Waals surface area (Å²) >= 11 is 0. The standard InChI is InChI=1S/C20H28F2/c1-14-5-7-17(8-6-14)15-3-2-4-16(10-9-15)18-11-12-19(21)20(22)13-18/h11-17H,2-10H2,1H3. The molecule has 2 aliphatic rings. The minimum Gasteiger partial charge on any atom is -0.204 e. The third-order valence-electron chi connectivity index (χ3n) is 6.16. The molecule has 1 aromatic rings. The number of halogens is 2. The van der Waals surface area contributed by atoms with Gasteiger partial charge in [0.15, 0.2) is 11.6 Å². The Morgan fingerprint density at radius 2 is 1.45 bits per heavy atom. The maximum Gasteiger partial charge on any atom is 0.159 e. The molecule has 2 fully saturated rings. The average Bonchev–Trinajstić information content (AvgIpc) is 2.77. The van der Waals surface area contributed by atoms with Gasteiger partial charge in [-0.25, -0.2) is 8.78 Å². The zero-order valence-corrected chi connectivity index (χ0v) is 13.7. The van der Waals surface area contributed by atoms with Gasteiger partial charge in [0.05, 0.1) is 0 Å². The molecule has 122 valence electrons. The molecule has 0 aromatic heterocycles. The summed E-state index contributed by atoms with van der Waals surface area (Å²) in [7, 11) is 0. The van der Waals surface area contributed by atoms with Crippen LogP contribution in [0.25, 0.3) is 0 Å². The highest BCUT2D eigenvalue weighted by Gasteiger charge is 2.29. The summed E-state index contributed by atoms with van der Waals surface area (Å²) in [5.41, 5.74) is 0.997. The van der Waals surface area contributed by atoms with Gasteiger partial charge in [-0.3, -0.25) is 0 Å². The van der Waals surface area contributed by atoms with Crippen LogP contribution in [-0.4, -0.2) is 0 Å². The second-order valence-corrected chi connectivity index (χ2v) is 7.66. The lowest BCUT2D eigenvalue weighted by Gasteiger charge is -2.32. The Labute approximate surface area is 133 Å². The fraction of sp³-hybridized carbons (Fsp3) is 0.700. The molecule has 0 N–H and O–H groups in total. The van der Waals surface area contributed by atoms with E-state index in [0.717, 1.165) is 36.2 Å². The second-order valence-electron chi connectivity index (χ2n) is 7.66. The Bertz CT molecular complexity index is 488. The largest absolute Gasteiger partial charge is 0.204 e. The van der Waals surface area contributed by atoms with Crippen LogP contribution < -0.4 is 0 Å². The van der Waals surface area contributed by atoms with E-state index in [0.29, 0.717) is 5.92 Å². The monoisotopic (exact) mass is 306 g/mol. The van der Waals surface area contributed by atoms with Crippen LogP contribution in [0.15, 0.2) is 18.2 Å². The molecule has 3 rings (SSSR count). The highest BCUT2D eigenvalue weighted by molar-refractivity contribution is 5.22. The van der Waals surface area contributed by atoms with Crippen LogP contribution in [0.3, 0.4) is 0 Å². The lowest BCUT2D eigenvalue weighted by atomic mass is 9.74. The molecular formula is C20H28F2. The van der Waals surface area contributed by atoms with E-state index in [1.165, 1.54) is 57.1 Å². The van der Waals surface area contributed by atoms with E-state index in [-0.39, 0.29) is 0 Å². The minimum atomic E-state index is -0.730. The van der Waals surface area contributed by atoms with Gasteiger partial charge in [0, 0.05) is 0 Å². The maximum atomic E-state index is 13.5. The zero-order chi connectivity index (χ0) is 15.5. The van der Waals surface area contributed by atoms with Gasteiger partial charge in [-0.05, 0) is 73.5 Å². The van der Waals surface area contributed by atoms with E-state index in [4.69, 9.17) is 0 Å². The Balaban J connectivity index is 1.61. The molecule has 1 aromatic carbocycles. The van der Waals surface area contributed by atoms with Gasteiger partial charge in [-0.15, -0.1) is 0 Å². The molecule has 0 saturated heterocycles. The fourth-order valence-corrected chi connectivity index (χ4v) is 4.66. The van der Waals surface area contributed by atoms with Crippen LogP contribution in [0.2, 0.25) is 0 Å². The summed E-state index contributed by atoms with van der Waals surface area (Å²) in [6, 6.07) is 4.49. The van der Waals surface area contributed by atoms with E-state index in [1.807, 2.05) is 0 Å². The van der Waals surface area contributed by atoms with E-state index in [1.54, 1.807) is 6.07 Å². The molecule has 0 nitrogen and oxygen atoms in total. The molecule has 2 aliphatic carbocycles. The third kappa shape index (κ3) is 3.70. The third-order valence-corrected chi connectivity index (χ3v) is 6.16. The second kappa shape index (κ2) is 7.10. The Hall–Kier alpha value is -0.920. The van der Waals surface area contributed by atoms with Crippen LogP contribution in [0.5, 0.6) is 0 Å². The highest BCUT2D eigenvalue weighted by Crippen LogP contribution is 2.42. The summed E-state index contributed by atoms with van der Waals surface area (Å²) in [6.07, 6.45) is 11.7. The normalized spacial score (nSPS) is 33.4. The van der Waals surface area contributed by atoms with E-state index < -0.39 is 11.6 Å². The van der Waals surface area contributed by atoms with E-state index in [9.17, 15) is 8.78 Å². The first-order valence-electron chi connectivity index (χ1n) is 9.08. The zero-order valence-electron chi connectivity index (χ0n) is 13.7. The van der Waals surface area contributed by atoms with Crippen molar-refractivity contribution < 1.29 is 8.78 Å².